The minimum atomic E-state index is -0.0000280. The first-order chi connectivity index (χ1) is 8.58. The highest BCUT2D eigenvalue weighted by Gasteiger charge is 2.03. The van der Waals surface area contributed by atoms with Gasteiger partial charge in [-0.05, 0) is 38.0 Å². The molecule has 0 spiro atoms. The lowest BCUT2D eigenvalue weighted by Crippen LogP contribution is -2.27. The maximum absolute atomic E-state index is 11.4. The van der Waals surface area contributed by atoms with E-state index in [0.717, 1.165) is 17.7 Å². The fourth-order valence-electron chi connectivity index (χ4n) is 1.47. The number of alkyl halides is 1. The first-order valence-corrected chi connectivity index (χ1v) is 6.62. The van der Waals surface area contributed by atoms with E-state index in [-0.39, 0.29) is 11.3 Å². The van der Waals surface area contributed by atoms with E-state index in [1.165, 1.54) is 0 Å². The molecule has 0 radical (unpaired) electrons. The van der Waals surface area contributed by atoms with Crippen LogP contribution in [-0.4, -0.2) is 24.4 Å². The summed E-state index contributed by atoms with van der Waals surface area (Å²) in [6.45, 7) is 4.93. The zero-order valence-electron chi connectivity index (χ0n) is 10.9. The summed E-state index contributed by atoms with van der Waals surface area (Å²) < 4.78 is 5.50. The van der Waals surface area contributed by atoms with Crippen LogP contribution < -0.4 is 10.1 Å². The van der Waals surface area contributed by atoms with Crippen LogP contribution in [0.2, 0.25) is 0 Å². The molecule has 0 saturated carbocycles. The van der Waals surface area contributed by atoms with E-state index in [1.54, 1.807) is 0 Å². The Labute approximate surface area is 113 Å². The molecule has 0 fully saturated rings. The molecule has 100 valence electrons. The normalized spacial score (nSPS) is 11.9. The van der Waals surface area contributed by atoms with Gasteiger partial charge in [-0.1, -0.05) is 12.1 Å². The minimum absolute atomic E-state index is 0.0000280. The van der Waals surface area contributed by atoms with E-state index < -0.39 is 0 Å². The molecular formula is C14H20ClNO2. The molecule has 0 aromatic heterocycles. The van der Waals surface area contributed by atoms with Crippen LogP contribution in [0.5, 0.6) is 5.75 Å². The Morgan fingerprint density at radius 3 is 2.94 bits per heavy atom. The van der Waals surface area contributed by atoms with E-state index >= 15 is 0 Å². The van der Waals surface area contributed by atoms with Crippen molar-refractivity contribution in [3.63, 3.8) is 0 Å². The first kappa shape index (κ1) is 14.8. The molecule has 1 aromatic rings. The standard InChI is InChI=1S/C14H20ClNO2/c1-11-4-3-5-13(10-11)18-9-7-14(17)16-8-6-12(2)15/h3-5,10,12H,6-9H2,1-2H3,(H,16,17). The highest BCUT2D eigenvalue weighted by molar-refractivity contribution is 6.20. The molecule has 1 rings (SSSR count). The van der Waals surface area contributed by atoms with Crippen molar-refractivity contribution >= 4 is 17.5 Å². The van der Waals surface area contributed by atoms with Crippen LogP contribution in [0.4, 0.5) is 0 Å². The summed E-state index contributed by atoms with van der Waals surface area (Å²) in [7, 11) is 0. The number of benzene rings is 1. The van der Waals surface area contributed by atoms with Gasteiger partial charge in [0.15, 0.2) is 0 Å². The molecule has 1 atom stereocenters. The van der Waals surface area contributed by atoms with E-state index in [9.17, 15) is 4.79 Å². The Morgan fingerprint density at radius 2 is 2.28 bits per heavy atom. The number of amides is 1. The lowest BCUT2D eigenvalue weighted by molar-refractivity contribution is -0.121. The smallest absolute Gasteiger partial charge is 0.223 e. The van der Waals surface area contributed by atoms with E-state index in [2.05, 4.69) is 5.32 Å². The zero-order valence-corrected chi connectivity index (χ0v) is 11.7. The van der Waals surface area contributed by atoms with Crippen LogP contribution >= 0.6 is 11.6 Å². The molecule has 1 amide bonds. The molecule has 0 aliphatic rings. The number of hydrogen-bond acceptors (Lipinski definition) is 2. The Morgan fingerprint density at radius 1 is 1.50 bits per heavy atom. The molecule has 0 aliphatic carbocycles. The number of ether oxygens (including phenoxy) is 1. The van der Waals surface area contributed by atoms with Crippen molar-refractivity contribution in [2.75, 3.05) is 13.2 Å². The summed E-state index contributed by atoms with van der Waals surface area (Å²) in [4.78, 5) is 11.4. The summed E-state index contributed by atoms with van der Waals surface area (Å²) in [5, 5.41) is 2.90. The van der Waals surface area contributed by atoms with Gasteiger partial charge in [0.2, 0.25) is 5.91 Å². The number of hydrogen-bond donors (Lipinski definition) is 1. The predicted octanol–water partition coefficient (Wildman–Crippen LogP) is 2.90. The van der Waals surface area contributed by atoms with E-state index in [4.69, 9.17) is 16.3 Å². The number of aryl methyl sites for hydroxylation is 1. The SMILES string of the molecule is Cc1cccc(OCCC(=O)NCCC(C)Cl)c1. The average Bonchev–Trinajstić information content (AvgIpc) is 2.28. The number of rotatable bonds is 7. The van der Waals surface area contributed by atoms with Crippen LogP contribution in [0.25, 0.3) is 0 Å². The van der Waals surface area contributed by atoms with Gasteiger partial charge in [0.1, 0.15) is 5.75 Å². The fraction of sp³-hybridized carbons (Fsp3) is 0.500. The summed E-state index contributed by atoms with van der Waals surface area (Å²) in [5.74, 6) is 0.803. The third kappa shape index (κ3) is 6.50. The molecule has 3 nitrogen and oxygen atoms in total. The fourth-order valence-corrected chi connectivity index (χ4v) is 1.57. The van der Waals surface area contributed by atoms with Crippen LogP contribution in [-0.2, 0) is 4.79 Å². The molecule has 1 N–H and O–H groups in total. The Kier molecular flexibility index (Phi) is 6.58. The largest absolute Gasteiger partial charge is 0.493 e. The molecule has 0 aliphatic heterocycles. The van der Waals surface area contributed by atoms with Crippen molar-refractivity contribution in [1.82, 2.24) is 5.32 Å². The molecule has 0 saturated heterocycles. The second-order valence-electron chi connectivity index (χ2n) is 4.33. The molecular weight excluding hydrogens is 250 g/mol. The Balaban J connectivity index is 2.15. The summed E-state index contributed by atoms with van der Waals surface area (Å²) in [6.07, 6.45) is 1.15. The van der Waals surface area contributed by atoms with Gasteiger partial charge in [0.05, 0.1) is 13.0 Å². The molecule has 0 bridgehead atoms. The lowest BCUT2D eigenvalue weighted by Gasteiger charge is -2.08. The number of nitrogens with one attached hydrogen (secondary N) is 1. The highest BCUT2D eigenvalue weighted by Crippen LogP contribution is 2.12. The van der Waals surface area contributed by atoms with Crippen LogP contribution in [0.1, 0.15) is 25.3 Å². The number of carbonyl (C=O) groups excluding carboxylic acids is 1. The summed E-state index contributed by atoms with van der Waals surface area (Å²) in [6, 6.07) is 7.78. The van der Waals surface area contributed by atoms with Gasteiger partial charge in [0.25, 0.3) is 0 Å². The number of halogens is 1. The van der Waals surface area contributed by atoms with E-state index in [1.807, 2.05) is 38.1 Å². The van der Waals surface area contributed by atoms with Crippen LogP contribution in [0, 0.1) is 6.92 Å². The van der Waals surface area contributed by atoms with Gasteiger partial charge in [-0.3, -0.25) is 4.79 Å². The number of carbonyl (C=O) groups is 1. The van der Waals surface area contributed by atoms with Crippen molar-refractivity contribution < 1.29 is 9.53 Å². The van der Waals surface area contributed by atoms with Crippen molar-refractivity contribution in [2.45, 2.75) is 32.1 Å². The molecule has 1 unspecified atom stereocenters. The van der Waals surface area contributed by atoms with E-state index in [0.29, 0.717) is 19.6 Å². The molecule has 1 aromatic carbocycles. The Bertz CT molecular complexity index is 380. The molecule has 18 heavy (non-hydrogen) atoms. The third-order valence-electron chi connectivity index (χ3n) is 2.45. The zero-order chi connectivity index (χ0) is 13.4. The molecule has 0 heterocycles. The molecule has 4 heteroatoms. The summed E-state index contributed by atoms with van der Waals surface area (Å²) >= 11 is 5.78. The monoisotopic (exact) mass is 269 g/mol. The second-order valence-corrected chi connectivity index (χ2v) is 5.08. The third-order valence-corrected chi connectivity index (χ3v) is 2.67. The summed E-state index contributed by atoms with van der Waals surface area (Å²) in [5.41, 5.74) is 1.15. The van der Waals surface area contributed by atoms with Crippen molar-refractivity contribution in [3.8, 4) is 5.75 Å². The van der Waals surface area contributed by atoms with Crippen molar-refractivity contribution in [2.24, 2.45) is 0 Å². The van der Waals surface area contributed by atoms with Gasteiger partial charge in [-0.15, -0.1) is 11.6 Å². The van der Waals surface area contributed by atoms with Gasteiger partial charge in [-0.25, -0.2) is 0 Å². The second kappa shape index (κ2) is 7.98. The predicted molar refractivity (Wildman–Crippen MR) is 74.2 cm³/mol. The Hall–Kier alpha value is -1.22. The van der Waals surface area contributed by atoms with Crippen LogP contribution in [0.15, 0.2) is 24.3 Å². The topological polar surface area (TPSA) is 38.3 Å². The van der Waals surface area contributed by atoms with Gasteiger partial charge < -0.3 is 10.1 Å². The lowest BCUT2D eigenvalue weighted by atomic mass is 10.2. The highest BCUT2D eigenvalue weighted by atomic mass is 35.5. The maximum atomic E-state index is 11.4. The minimum Gasteiger partial charge on any atom is -0.493 e. The van der Waals surface area contributed by atoms with Crippen LogP contribution in [0.3, 0.4) is 0 Å². The maximum Gasteiger partial charge on any atom is 0.223 e. The quantitative estimate of drug-likeness (QED) is 0.773. The van der Waals surface area contributed by atoms with Crippen molar-refractivity contribution in [1.29, 1.82) is 0 Å². The average molecular weight is 270 g/mol. The first-order valence-electron chi connectivity index (χ1n) is 6.18. The van der Waals surface area contributed by atoms with Gasteiger partial charge >= 0.3 is 0 Å². The van der Waals surface area contributed by atoms with Crippen molar-refractivity contribution in [3.05, 3.63) is 29.8 Å². The van der Waals surface area contributed by atoms with Gasteiger partial charge in [0, 0.05) is 11.9 Å². The van der Waals surface area contributed by atoms with Gasteiger partial charge in [-0.2, -0.15) is 0 Å².